The molecule has 3 aliphatic heterocycles. The molecular weight excluding hydrogens is 1340 g/mol. The lowest BCUT2D eigenvalue weighted by atomic mass is 9.95. The summed E-state index contributed by atoms with van der Waals surface area (Å²) in [5, 5.41) is 40.7. The molecule has 9 aromatic rings. The number of aliphatic hydroxyl groups is 1. The van der Waals surface area contributed by atoms with Gasteiger partial charge in [0.2, 0.25) is 17.8 Å². The largest absolute Gasteiger partial charge is 0.419 e. The summed E-state index contributed by atoms with van der Waals surface area (Å²) in [6.45, 7) is 17.1. The molecule has 7 N–H and O–H groups in total. The predicted octanol–water partition coefficient (Wildman–Crippen LogP) is 13.5. The fourth-order valence-corrected chi connectivity index (χ4v) is 14.0. The van der Waals surface area contributed by atoms with Crippen molar-refractivity contribution < 1.29 is 62.6 Å². The first-order valence-corrected chi connectivity index (χ1v) is 33.4. The number of aryl methyl sites for hydroxylation is 6. The number of alkyl halides is 9. The van der Waals surface area contributed by atoms with Crippen LogP contribution in [0.4, 0.5) is 61.7 Å². The van der Waals surface area contributed by atoms with Gasteiger partial charge in [-0.15, -0.1) is 0 Å². The number of rotatable bonds is 12. The van der Waals surface area contributed by atoms with Crippen molar-refractivity contribution in [3.8, 4) is 33.5 Å². The third kappa shape index (κ3) is 14.8. The van der Waals surface area contributed by atoms with E-state index in [0.717, 1.165) is 91.0 Å². The second-order valence-corrected chi connectivity index (χ2v) is 26.3. The number of piperidine rings is 3. The summed E-state index contributed by atoms with van der Waals surface area (Å²) in [5.74, 6) is 2.04. The predicted molar refractivity (Wildman–Crippen MR) is 360 cm³/mol. The van der Waals surface area contributed by atoms with Crippen molar-refractivity contribution in [2.75, 3.05) is 55.2 Å². The Morgan fingerprint density at radius 3 is 1.56 bits per heavy atom. The van der Waals surface area contributed by atoms with Gasteiger partial charge in [-0.25, -0.2) is 34.3 Å². The number of pyridine rings is 1. The molecule has 0 bridgehead atoms. The van der Waals surface area contributed by atoms with Gasteiger partial charge in [0.1, 0.15) is 39.8 Å². The van der Waals surface area contributed by atoms with Crippen LogP contribution >= 0.6 is 0 Å². The maximum Gasteiger partial charge on any atom is 0.419 e. The van der Waals surface area contributed by atoms with Crippen molar-refractivity contribution in [3.05, 3.63) is 187 Å². The number of fused-ring (bicyclic) bond motifs is 3. The number of anilines is 3. The number of hydrogen-bond acceptors (Lipinski definition) is 20. The molecule has 0 saturated carbocycles. The van der Waals surface area contributed by atoms with E-state index in [0.29, 0.717) is 130 Å². The Morgan fingerprint density at radius 2 is 1.01 bits per heavy atom. The molecule has 0 spiro atoms. The Balaban J connectivity index is 0.000000137. The number of aromatic nitrogens is 10. The van der Waals surface area contributed by atoms with Crippen LogP contribution < -0.4 is 31.9 Å². The summed E-state index contributed by atoms with van der Waals surface area (Å²) in [5.41, 5.74) is 8.10. The van der Waals surface area contributed by atoms with Gasteiger partial charge >= 0.3 is 18.5 Å². The Labute approximate surface area is 578 Å². The Morgan fingerprint density at radius 1 is 0.500 bits per heavy atom. The normalized spacial score (nSPS) is 19.5. The van der Waals surface area contributed by atoms with Crippen LogP contribution in [0.2, 0.25) is 0 Å². The molecule has 3 saturated heterocycles. The molecule has 0 amide bonds. The molecule has 0 radical (unpaired) electrons. The number of halogens is 10. The van der Waals surface area contributed by atoms with Gasteiger partial charge in [0, 0.05) is 103 Å². The first kappa shape index (κ1) is 70.6. The standard InChI is InChI=1S/C25H26F3N5O.C24H23F4N5O.C23H23F3N6O2/c1-13-8-9-29-12-21(13)31-24-30-11-20(25(26,27)28)23(32-24)19-7-4-16-10-17(5-6-18(16)19)22-14(2)33-34-15(22)3;1-12-21(13(2)34-33-12)18-8-14-5-6-16(17(14)9-20(18)25)22-19(24(26,27)28)11-30-23(32-22)31-15-4-3-7-29-10-15;1-11-20(12(2)34-32-11)19-6-3-15-16(4-5-18(15)30-19)21-17(23(24,25)26)10-28-22(31-21)29-13-7-14(33)9-27-8-13/h5-7,10-11,13,21,29H,4,8-9,12H2,1-3H3,(H,30,31,32);6,8-9,11,15,29H,3-5,7,10H2,1-2H3,(H,30,31,32);3-4,6,10,13-14,27,33H,5,7-9H2,1-2H3,(H,28,29,31)/t13-,21+;15-;13-,14+/m000/s1. The van der Waals surface area contributed by atoms with E-state index in [4.69, 9.17) is 13.6 Å². The van der Waals surface area contributed by atoms with Crippen molar-refractivity contribution in [1.29, 1.82) is 0 Å². The van der Waals surface area contributed by atoms with Gasteiger partial charge in [-0.05, 0) is 145 Å². The zero-order valence-corrected chi connectivity index (χ0v) is 56.5. The monoisotopic (exact) mass is 1410 g/mol. The highest BCUT2D eigenvalue weighted by atomic mass is 19.4. The van der Waals surface area contributed by atoms with Crippen LogP contribution in [0.15, 0.2) is 92.9 Å². The van der Waals surface area contributed by atoms with E-state index >= 15 is 4.39 Å². The highest BCUT2D eigenvalue weighted by Gasteiger charge is 2.41. The lowest BCUT2D eigenvalue weighted by Gasteiger charge is -2.30. The van der Waals surface area contributed by atoms with Crippen LogP contribution in [-0.2, 0) is 37.8 Å². The highest BCUT2D eigenvalue weighted by Crippen LogP contribution is 2.46. The minimum Gasteiger partial charge on any atom is -0.392 e. The molecule has 5 atom stereocenters. The summed E-state index contributed by atoms with van der Waals surface area (Å²) in [6.07, 6.45) is -2.18. The average Bonchev–Trinajstić information content (AvgIpc) is 1.59. The van der Waals surface area contributed by atoms with E-state index in [-0.39, 0.29) is 58.6 Å². The van der Waals surface area contributed by atoms with Gasteiger partial charge < -0.3 is 50.6 Å². The second-order valence-electron chi connectivity index (χ2n) is 26.3. The first-order valence-electron chi connectivity index (χ1n) is 33.4. The van der Waals surface area contributed by atoms with Gasteiger partial charge in [-0.2, -0.15) is 39.5 Å². The summed E-state index contributed by atoms with van der Waals surface area (Å²) < 4.78 is 156. The molecule has 102 heavy (non-hydrogen) atoms. The summed E-state index contributed by atoms with van der Waals surface area (Å²) in [4.78, 5) is 29.4. The van der Waals surface area contributed by atoms with E-state index in [1.165, 1.54) is 6.07 Å². The number of nitrogens with zero attached hydrogens (tertiary/aromatic N) is 10. The topological polar surface area (TPSA) is 261 Å². The van der Waals surface area contributed by atoms with Crippen LogP contribution in [0, 0.1) is 53.3 Å². The highest BCUT2D eigenvalue weighted by molar-refractivity contribution is 5.89. The maximum atomic E-state index is 15.2. The van der Waals surface area contributed by atoms with Gasteiger partial charge in [-0.3, -0.25) is 4.98 Å². The van der Waals surface area contributed by atoms with Gasteiger partial charge in [-0.1, -0.05) is 64.9 Å². The molecule has 15 rings (SSSR count). The molecule has 2 aromatic carbocycles. The first-order chi connectivity index (χ1) is 48.6. The zero-order chi connectivity index (χ0) is 72.1. The van der Waals surface area contributed by atoms with Gasteiger partial charge in [0.25, 0.3) is 0 Å². The van der Waals surface area contributed by atoms with E-state index in [1.54, 1.807) is 51.1 Å². The number of benzene rings is 2. The average molecular weight is 1420 g/mol. The fourth-order valence-electron chi connectivity index (χ4n) is 14.0. The van der Waals surface area contributed by atoms with Gasteiger partial charge in [0.15, 0.2) is 0 Å². The van der Waals surface area contributed by atoms with Crippen molar-refractivity contribution >= 4 is 34.6 Å². The Kier molecular flexibility index (Phi) is 19.8. The quantitative estimate of drug-likeness (QED) is 0.0561. The summed E-state index contributed by atoms with van der Waals surface area (Å²) in [6, 6.07) is 12.1. The number of hydrogen-bond donors (Lipinski definition) is 7. The minimum absolute atomic E-state index is 0.0261. The van der Waals surface area contributed by atoms with Crippen LogP contribution in [0.5, 0.6) is 0 Å². The zero-order valence-electron chi connectivity index (χ0n) is 56.5. The molecule has 3 fully saturated rings. The molecule has 7 aromatic heterocycles. The van der Waals surface area contributed by atoms with E-state index in [2.05, 4.69) is 89.2 Å². The van der Waals surface area contributed by atoms with Crippen LogP contribution in [0.3, 0.4) is 0 Å². The third-order valence-corrected chi connectivity index (χ3v) is 19.1. The fraction of sp³-hybridized carbons (Fsp3) is 0.389. The van der Waals surface area contributed by atoms with Crippen molar-refractivity contribution in [2.45, 2.75) is 136 Å². The maximum absolute atomic E-state index is 15.2. The van der Waals surface area contributed by atoms with Crippen LogP contribution in [0.1, 0.15) is 134 Å². The Hall–Kier alpha value is -9.78. The van der Waals surface area contributed by atoms with Crippen LogP contribution in [-0.4, -0.2) is 119 Å². The number of β-amino-alcohol motifs (C(OH)–C–C–N with tert-alkyl or cyclic N) is 1. The minimum atomic E-state index is -4.65. The van der Waals surface area contributed by atoms with Crippen LogP contribution in [0.25, 0.3) is 50.2 Å². The van der Waals surface area contributed by atoms with E-state index in [1.807, 2.05) is 45.0 Å². The Bertz CT molecular complexity index is 4680. The molecular formula is C72H72F10N16O4. The third-order valence-electron chi connectivity index (χ3n) is 19.1. The molecule has 10 heterocycles. The summed E-state index contributed by atoms with van der Waals surface area (Å²) >= 11 is 0. The smallest absolute Gasteiger partial charge is 0.392 e. The second kappa shape index (κ2) is 28.6. The number of nitrogens with one attached hydrogen (secondary N) is 6. The molecule has 30 heteroatoms. The number of allylic oxidation sites excluding steroid dienone is 3. The number of aliphatic hydroxyl groups excluding tert-OH is 1. The van der Waals surface area contributed by atoms with E-state index in [9.17, 15) is 44.6 Å². The lowest BCUT2D eigenvalue weighted by Crippen LogP contribution is -2.46. The summed E-state index contributed by atoms with van der Waals surface area (Å²) in [7, 11) is 0. The lowest BCUT2D eigenvalue weighted by molar-refractivity contribution is -0.139. The van der Waals surface area contributed by atoms with Crippen molar-refractivity contribution in [1.82, 2.24) is 66.3 Å². The molecule has 0 unspecified atom stereocenters. The molecule has 534 valence electrons. The molecule has 20 nitrogen and oxygen atoms in total. The molecule has 6 aliphatic rings. The van der Waals surface area contributed by atoms with Gasteiger partial charge in [0.05, 0.1) is 62.8 Å². The van der Waals surface area contributed by atoms with E-state index < -0.39 is 47.1 Å². The molecule has 3 aliphatic carbocycles. The van der Waals surface area contributed by atoms with Crippen molar-refractivity contribution in [3.63, 3.8) is 0 Å². The van der Waals surface area contributed by atoms with Crippen molar-refractivity contribution in [2.24, 2.45) is 5.92 Å². The SMILES string of the molecule is Cc1noc(C)c1-c1cc2c(cc1F)C(c1nc(N[C@H]3CCCNC3)ncc1C(F)(F)F)=CC2.Cc1noc(C)c1-c1ccc2c(c1)CC=C2c1nc(N[C@@H]2CNCC[C@@H]2C)ncc1C(F)(F)F.Cc1noc(C)c1-c1ccc2c(n1)CC=C2c1nc(N[C@@H]2CNC[C@H](O)C2)ncc1C(F)(F)F.